The average Bonchev–Trinajstić information content (AvgIpc) is 2.40. The molecule has 4 nitrogen and oxygen atoms in total. The van der Waals surface area contributed by atoms with Crippen molar-refractivity contribution in [3.05, 3.63) is 35.9 Å². The van der Waals surface area contributed by atoms with Gasteiger partial charge in [-0.1, -0.05) is 30.3 Å². The summed E-state index contributed by atoms with van der Waals surface area (Å²) in [5, 5.41) is 4.71. The number of carbonyl (C=O) groups excluding carboxylic acids is 1. The summed E-state index contributed by atoms with van der Waals surface area (Å²) in [6.07, 6.45) is -4.39. The molecule has 0 unspecified atom stereocenters. The van der Waals surface area contributed by atoms with E-state index in [1.165, 1.54) is 0 Å². The molecule has 7 heteroatoms. The molecule has 20 heavy (non-hydrogen) atoms. The van der Waals surface area contributed by atoms with E-state index >= 15 is 0 Å². The molecule has 0 aromatic heterocycles. The molecule has 0 saturated heterocycles. The van der Waals surface area contributed by atoms with Crippen molar-refractivity contribution in [2.45, 2.75) is 19.2 Å². The lowest BCUT2D eigenvalue weighted by atomic mass is 10.2. The molecule has 0 spiro atoms. The zero-order valence-corrected chi connectivity index (χ0v) is 10.9. The van der Waals surface area contributed by atoms with Crippen LogP contribution in [0.5, 0.6) is 0 Å². The summed E-state index contributed by atoms with van der Waals surface area (Å²) in [6.45, 7) is -0.415. The van der Waals surface area contributed by atoms with Crippen LogP contribution in [0.2, 0.25) is 0 Å². The molecule has 1 amide bonds. The van der Waals surface area contributed by atoms with Crippen LogP contribution in [0.3, 0.4) is 0 Å². The van der Waals surface area contributed by atoms with Crippen molar-refractivity contribution in [1.82, 2.24) is 10.6 Å². The summed E-state index contributed by atoms with van der Waals surface area (Å²) in [4.78, 5) is 11.3. The summed E-state index contributed by atoms with van der Waals surface area (Å²) in [5.41, 5.74) is 0.870. The Morgan fingerprint density at radius 1 is 1.15 bits per heavy atom. The molecule has 2 N–H and O–H groups in total. The van der Waals surface area contributed by atoms with E-state index in [2.05, 4.69) is 10.6 Å². The zero-order chi connectivity index (χ0) is 14.8. The van der Waals surface area contributed by atoms with Crippen LogP contribution in [0.15, 0.2) is 30.3 Å². The maximum absolute atomic E-state index is 11.8. The molecular weight excluding hydrogens is 273 g/mol. The van der Waals surface area contributed by atoms with Gasteiger partial charge in [0, 0.05) is 6.54 Å². The van der Waals surface area contributed by atoms with E-state index in [0.717, 1.165) is 5.56 Å². The Hall–Kier alpha value is -1.76. The third-order valence-corrected chi connectivity index (χ3v) is 2.34. The monoisotopic (exact) mass is 290 g/mol. The van der Waals surface area contributed by atoms with E-state index in [4.69, 9.17) is 4.74 Å². The molecule has 112 valence electrons. The first-order valence-corrected chi connectivity index (χ1v) is 6.19. The molecule has 0 aliphatic heterocycles. The van der Waals surface area contributed by atoms with Crippen LogP contribution >= 0.6 is 0 Å². The number of hydrogen-bond donors (Lipinski definition) is 2. The molecular formula is C13H17F3N2O2. The lowest BCUT2D eigenvalue weighted by molar-refractivity contribution is -0.124. The average molecular weight is 290 g/mol. The van der Waals surface area contributed by atoms with Crippen LogP contribution in [-0.2, 0) is 11.3 Å². The number of alkyl halides is 3. The van der Waals surface area contributed by atoms with E-state index in [1.807, 2.05) is 30.3 Å². The standard InChI is InChI=1S/C13H17F3N2O2/c14-13(15,16)10-17-7-4-8-18-12(19)20-9-11-5-2-1-3-6-11/h1-3,5-6,17H,4,7-10H2,(H,18,19). The van der Waals surface area contributed by atoms with E-state index in [-0.39, 0.29) is 19.7 Å². The van der Waals surface area contributed by atoms with Gasteiger partial charge in [0.15, 0.2) is 0 Å². The smallest absolute Gasteiger partial charge is 0.407 e. The number of benzene rings is 1. The number of amides is 1. The van der Waals surface area contributed by atoms with Crippen molar-refractivity contribution in [3.8, 4) is 0 Å². The van der Waals surface area contributed by atoms with Crippen LogP contribution in [0.1, 0.15) is 12.0 Å². The summed E-state index contributed by atoms with van der Waals surface area (Å²) >= 11 is 0. The predicted molar refractivity (Wildman–Crippen MR) is 68.2 cm³/mol. The highest BCUT2D eigenvalue weighted by atomic mass is 19.4. The number of ether oxygens (including phenoxy) is 1. The van der Waals surface area contributed by atoms with Crippen LogP contribution in [0.4, 0.5) is 18.0 Å². The third-order valence-electron chi connectivity index (χ3n) is 2.34. The lowest BCUT2D eigenvalue weighted by Gasteiger charge is -2.09. The number of halogens is 3. The molecule has 1 aromatic carbocycles. The minimum absolute atomic E-state index is 0.166. The van der Waals surface area contributed by atoms with Crippen LogP contribution in [0.25, 0.3) is 0 Å². The maximum Gasteiger partial charge on any atom is 0.407 e. The van der Waals surface area contributed by atoms with Gasteiger partial charge in [-0.3, -0.25) is 0 Å². The first kappa shape index (κ1) is 16.3. The molecule has 0 radical (unpaired) electrons. The summed E-state index contributed by atoms with van der Waals surface area (Å²) in [5.74, 6) is 0. The third kappa shape index (κ3) is 8.36. The Kier molecular flexibility index (Phi) is 6.86. The van der Waals surface area contributed by atoms with Gasteiger partial charge in [0.1, 0.15) is 6.61 Å². The van der Waals surface area contributed by atoms with E-state index in [1.54, 1.807) is 0 Å². The second kappa shape index (κ2) is 8.42. The van der Waals surface area contributed by atoms with Crippen molar-refractivity contribution in [3.63, 3.8) is 0 Å². The minimum atomic E-state index is -4.21. The van der Waals surface area contributed by atoms with Crippen molar-refractivity contribution < 1.29 is 22.7 Å². The Labute approximate surface area is 115 Å². The van der Waals surface area contributed by atoms with Crippen LogP contribution < -0.4 is 10.6 Å². The minimum Gasteiger partial charge on any atom is -0.445 e. The van der Waals surface area contributed by atoms with Crippen molar-refractivity contribution in [2.75, 3.05) is 19.6 Å². The van der Waals surface area contributed by atoms with Crippen molar-refractivity contribution in [2.24, 2.45) is 0 Å². The van der Waals surface area contributed by atoms with Gasteiger partial charge in [-0.05, 0) is 18.5 Å². The summed E-state index contributed by atoms with van der Waals surface area (Å²) < 4.78 is 40.3. The fourth-order valence-corrected chi connectivity index (χ4v) is 1.41. The molecule has 1 aromatic rings. The number of nitrogens with one attached hydrogen (secondary N) is 2. The molecule has 0 atom stereocenters. The first-order chi connectivity index (χ1) is 9.47. The summed E-state index contributed by atoms with van der Waals surface area (Å²) in [7, 11) is 0. The Bertz CT molecular complexity index is 396. The summed E-state index contributed by atoms with van der Waals surface area (Å²) in [6, 6.07) is 9.19. The van der Waals surface area contributed by atoms with E-state index in [9.17, 15) is 18.0 Å². The zero-order valence-electron chi connectivity index (χ0n) is 10.9. The fourth-order valence-electron chi connectivity index (χ4n) is 1.41. The molecule has 1 rings (SSSR count). The first-order valence-electron chi connectivity index (χ1n) is 6.19. The van der Waals surface area contributed by atoms with Gasteiger partial charge in [0.2, 0.25) is 0 Å². The normalized spacial score (nSPS) is 11.2. The van der Waals surface area contributed by atoms with Crippen LogP contribution in [-0.4, -0.2) is 31.9 Å². The van der Waals surface area contributed by atoms with Gasteiger partial charge in [-0.2, -0.15) is 13.2 Å². The predicted octanol–water partition coefficient (Wildman–Crippen LogP) is 2.45. The Morgan fingerprint density at radius 3 is 2.50 bits per heavy atom. The Balaban J connectivity index is 2.01. The molecule has 0 fully saturated rings. The number of rotatable bonds is 7. The van der Waals surface area contributed by atoms with Gasteiger partial charge in [-0.15, -0.1) is 0 Å². The molecule has 0 aliphatic rings. The molecule has 0 aliphatic carbocycles. The number of alkyl carbamates (subject to hydrolysis) is 1. The lowest BCUT2D eigenvalue weighted by Crippen LogP contribution is -2.32. The van der Waals surface area contributed by atoms with Gasteiger partial charge in [0.05, 0.1) is 6.54 Å². The van der Waals surface area contributed by atoms with E-state index < -0.39 is 18.8 Å². The molecule has 0 bridgehead atoms. The highest BCUT2D eigenvalue weighted by molar-refractivity contribution is 5.67. The number of carbonyl (C=O) groups is 1. The molecule has 0 saturated carbocycles. The van der Waals surface area contributed by atoms with Gasteiger partial charge in [-0.25, -0.2) is 4.79 Å². The topological polar surface area (TPSA) is 50.4 Å². The van der Waals surface area contributed by atoms with Crippen LogP contribution in [0, 0.1) is 0 Å². The van der Waals surface area contributed by atoms with Gasteiger partial charge >= 0.3 is 12.3 Å². The van der Waals surface area contributed by atoms with Gasteiger partial charge in [0.25, 0.3) is 0 Å². The highest BCUT2D eigenvalue weighted by Crippen LogP contribution is 2.11. The SMILES string of the molecule is O=C(NCCCNCC(F)(F)F)OCc1ccccc1. The maximum atomic E-state index is 11.8. The quantitative estimate of drug-likeness (QED) is 0.758. The van der Waals surface area contributed by atoms with Gasteiger partial charge < -0.3 is 15.4 Å². The largest absolute Gasteiger partial charge is 0.445 e. The second-order valence-electron chi connectivity index (χ2n) is 4.13. The molecule has 0 heterocycles. The fraction of sp³-hybridized carbons (Fsp3) is 0.462. The highest BCUT2D eigenvalue weighted by Gasteiger charge is 2.25. The van der Waals surface area contributed by atoms with Crippen molar-refractivity contribution in [1.29, 1.82) is 0 Å². The number of hydrogen-bond acceptors (Lipinski definition) is 3. The second-order valence-corrected chi connectivity index (χ2v) is 4.13. The Morgan fingerprint density at radius 2 is 1.85 bits per heavy atom. The van der Waals surface area contributed by atoms with E-state index in [0.29, 0.717) is 6.42 Å². The van der Waals surface area contributed by atoms with Crippen molar-refractivity contribution >= 4 is 6.09 Å².